The Morgan fingerprint density at radius 3 is 2.00 bits per heavy atom. The van der Waals surface area contributed by atoms with Crippen molar-refractivity contribution >= 4 is 0 Å². The van der Waals surface area contributed by atoms with Crippen molar-refractivity contribution in [1.82, 2.24) is 0 Å². The lowest BCUT2D eigenvalue weighted by atomic mass is 9.86. The van der Waals surface area contributed by atoms with E-state index in [-0.39, 0.29) is 0 Å². The SMILES string of the molecule is CC1=C(C(F)(F)F)C(C(F)(F)F)[C]C=[C]1. The highest BCUT2D eigenvalue weighted by Gasteiger charge is 2.52. The van der Waals surface area contributed by atoms with Gasteiger partial charge in [0.25, 0.3) is 0 Å². The van der Waals surface area contributed by atoms with Crippen molar-refractivity contribution in [3.8, 4) is 0 Å². The van der Waals surface area contributed by atoms with E-state index in [1.807, 2.05) is 0 Å². The molecule has 0 spiro atoms. The second-order valence-corrected chi connectivity index (χ2v) is 2.97. The maximum Gasteiger partial charge on any atom is 0.413 e. The van der Waals surface area contributed by atoms with Crippen molar-refractivity contribution in [3.05, 3.63) is 29.7 Å². The first-order valence-corrected chi connectivity index (χ1v) is 3.83. The summed E-state index contributed by atoms with van der Waals surface area (Å²) in [7, 11) is 0. The molecule has 1 atom stereocenters. The van der Waals surface area contributed by atoms with Gasteiger partial charge in [-0.2, -0.15) is 26.3 Å². The van der Waals surface area contributed by atoms with E-state index in [0.717, 1.165) is 13.0 Å². The molecule has 0 N–H and O–H groups in total. The van der Waals surface area contributed by atoms with Gasteiger partial charge in [0.15, 0.2) is 0 Å². The average molecular weight is 227 g/mol. The third kappa shape index (κ3) is 2.54. The van der Waals surface area contributed by atoms with Crippen LogP contribution in [0.4, 0.5) is 26.3 Å². The minimum Gasteiger partial charge on any atom is -0.170 e. The molecule has 1 unspecified atom stereocenters. The summed E-state index contributed by atoms with van der Waals surface area (Å²) in [5, 5.41) is 0. The van der Waals surface area contributed by atoms with Gasteiger partial charge in [-0.1, -0.05) is 6.08 Å². The highest BCUT2D eigenvalue weighted by molar-refractivity contribution is 5.35. The van der Waals surface area contributed by atoms with Crippen LogP contribution < -0.4 is 0 Å². The highest BCUT2D eigenvalue weighted by atomic mass is 19.4. The molecular formula is C9H5F6. The quantitative estimate of drug-likeness (QED) is 0.555. The van der Waals surface area contributed by atoms with Crippen molar-refractivity contribution < 1.29 is 26.3 Å². The Morgan fingerprint density at radius 1 is 1.13 bits per heavy atom. The van der Waals surface area contributed by atoms with E-state index >= 15 is 0 Å². The van der Waals surface area contributed by atoms with Gasteiger partial charge < -0.3 is 0 Å². The molecule has 1 aliphatic carbocycles. The molecule has 1 rings (SSSR count). The summed E-state index contributed by atoms with van der Waals surface area (Å²) in [4.78, 5) is 0. The van der Waals surface area contributed by atoms with Crippen LogP contribution in [0.2, 0.25) is 0 Å². The summed E-state index contributed by atoms with van der Waals surface area (Å²) in [5.41, 5.74) is -2.19. The second kappa shape index (κ2) is 3.57. The topological polar surface area (TPSA) is 0 Å². The lowest BCUT2D eigenvalue weighted by Gasteiger charge is -2.26. The van der Waals surface area contributed by atoms with Crippen molar-refractivity contribution in [1.29, 1.82) is 0 Å². The van der Waals surface area contributed by atoms with Crippen LogP contribution in [0.25, 0.3) is 0 Å². The Kier molecular flexibility index (Phi) is 2.89. The maximum atomic E-state index is 12.3. The summed E-state index contributed by atoms with van der Waals surface area (Å²) in [6, 6.07) is 0. The highest BCUT2D eigenvalue weighted by Crippen LogP contribution is 2.45. The lowest BCUT2D eigenvalue weighted by Crippen LogP contribution is -2.33. The van der Waals surface area contributed by atoms with Gasteiger partial charge in [0.1, 0.15) is 0 Å². The zero-order valence-electron chi connectivity index (χ0n) is 7.42. The predicted octanol–water partition coefficient (Wildman–Crippen LogP) is 3.50. The molecule has 3 radical (unpaired) electrons. The van der Waals surface area contributed by atoms with Crippen LogP contribution >= 0.6 is 0 Å². The number of hydrogen-bond acceptors (Lipinski definition) is 0. The van der Waals surface area contributed by atoms with E-state index in [0.29, 0.717) is 0 Å². The minimum absolute atomic E-state index is 0.552. The van der Waals surface area contributed by atoms with Gasteiger partial charge in [0.2, 0.25) is 0 Å². The molecule has 0 bridgehead atoms. The van der Waals surface area contributed by atoms with Crippen molar-refractivity contribution in [2.45, 2.75) is 19.3 Å². The van der Waals surface area contributed by atoms with Crippen LogP contribution in [0.5, 0.6) is 0 Å². The summed E-state index contributed by atoms with van der Waals surface area (Å²) < 4.78 is 73.7. The summed E-state index contributed by atoms with van der Waals surface area (Å²) in [6.45, 7) is 0.943. The molecule has 0 amide bonds. The van der Waals surface area contributed by atoms with Crippen molar-refractivity contribution in [2.75, 3.05) is 0 Å². The average Bonchev–Trinajstić information content (AvgIpc) is 1.99. The fraction of sp³-hybridized carbons (Fsp3) is 0.444. The monoisotopic (exact) mass is 227 g/mol. The Balaban J connectivity index is 3.18. The number of allylic oxidation sites excluding steroid dienone is 4. The Labute approximate surface area is 82.3 Å². The largest absolute Gasteiger partial charge is 0.413 e. The molecule has 0 aliphatic heterocycles. The van der Waals surface area contributed by atoms with Crippen LogP contribution in [0.15, 0.2) is 17.2 Å². The van der Waals surface area contributed by atoms with Gasteiger partial charge in [0.05, 0.1) is 5.92 Å². The molecule has 1 aliphatic rings. The molecule has 0 nitrogen and oxygen atoms in total. The van der Waals surface area contributed by atoms with Gasteiger partial charge in [-0.25, -0.2) is 0 Å². The third-order valence-electron chi connectivity index (χ3n) is 1.86. The van der Waals surface area contributed by atoms with Gasteiger partial charge in [0, 0.05) is 12.0 Å². The zero-order valence-corrected chi connectivity index (χ0v) is 7.42. The second-order valence-electron chi connectivity index (χ2n) is 2.97. The molecule has 0 fully saturated rings. The van der Waals surface area contributed by atoms with Gasteiger partial charge in [-0.05, 0) is 18.6 Å². The first-order valence-electron chi connectivity index (χ1n) is 3.83. The minimum atomic E-state index is -5.02. The molecule has 15 heavy (non-hydrogen) atoms. The van der Waals surface area contributed by atoms with E-state index in [4.69, 9.17) is 0 Å². The number of hydrogen-bond donors (Lipinski definition) is 0. The molecular weight excluding hydrogens is 222 g/mol. The molecule has 0 heterocycles. The van der Waals surface area contributed by atoms with E-state index in [1.54, 1.807) is 6.42 Å². The van der Waals surface area contributed by atoms with E-state index in [1.165, 1.54) is 0 Å². The van der Waals surface area contributed by atoms with Gasteiger partial charge in [-0.15, -0.1) is 0 Å². The van der Waals surface area contributed by atoms with E-state index in [2.05, 4.69) is 6.08 Å². The third-order valence-corrected chi connectivity index (χ3v) is 1.86. The smallest absolute Gasteiger partial charge is 0.170 e. The van der Waals surface area contributed by atoms with Crippen LogP contribution in [0, 0.1) is 18.4 Å². The Morgan fingerprint density at radius 2 is 1.67 bits per heavy atom. The van der Waals surface area contributed by atoms with Gasteiger partial charge in [-0.3, -0.25) is 0 Å². The summed E-state index contributed by atoms with van der Waals surface area (Å²) >= 11 is 0. The Hall–Kier alpha value is -0.940. The van der Waals surface area contributed by atoms with Crippen LogP contribution in [0.1, 0.15) is 6.92 Å². The number of rotatable bonds is 0. The van der Waals surface area contributed by atoms with Crippen LogP contribution in [-0.2, 0) is 0 Å². The predicted molar refractivity (Wildman–Crippen MR) is 39.4 cm³/mol. The first kappa shape index (κ1) is 12.1. The van der Waals surface area contributed by atoms with Crippen LogP contribution in [0.3, 0.4) is 0 Å². The Bertz CT molecular complexity index is 304. The fourth-order valence-corrected chi connectivity index (χ4v) is 1.25. The fourth-order valence-electron chi connectivity index (χ4n) is 1.25. The first-order chi connectivity index (χ1) is 6.64. The number of halogens is 6. The zero-order chi connectivity index (χ0) is 11.9. The summed E-state index contributed by atoms with van der Waals surface area (Å²) in [5.74, 6) is -2.71. The van der Waals surface area contributed by atoms with Gasteiger partial charge >= 0.3 is 12.4 Å². The number of alkyl halides is 6. The van der Waals surface area contributed by atoms with E-state index < -0.39 is 29.4 Å². The molecule has 6 heteroatoms. The maximum absolute atomic E-state index is 12.3. The molecule has 0 aromatic carbocycles. The lowest BCUT2D eigenvalue weighted by molar-refractivity contribution is -0.177. The molecule has 0 saturated heterocycles. The summed E-state index contributed by atoms with van der Waals surface area (Å²) in [6.07, 6.45) is -5.59. The molecule has 0 aromatic heterocycles. The van der Waals surface area contributed by atoms with Crippen molar-refractivity contribution in [2.24, 2.45) is 5.92 Å². The molecule has 83 valence electrons. The molecule has 0 aromatic rings. The van der Waals surface area contributed by atoms with Crippen LogP contribution in [-0.4, -0.2) is 12.4 Å². The normalized spacial score (nSPS) is 23.5. The molecule has 0 saturated carbocycles. The van der Waals surface area contributed by atoms with E-state index in [9.17, 15) is 26.3 Å². The standard InChI is InChI=1S/C9H5F6/c1-5-3-2-4-6(8(10,11)12)7(5)9(13,14)15/h2,6H,1H3. The van der Waals surface area contributed by atoms with Crippen molar-refractivity contribution in [3.63, 3.8) is 0 Å².